The molecule has 17 heavy (non-hydrogen) atoms. The summed E-state index contributed by atoms with van der Waals surface area (Å²) in [5.74, 6) is 0.657. The number of rotatable bonds is 3. The van der Waals surface area contributed by atoms with E-state index in [4.69, 9.17) is 11.6 Å². The number of aryl methyl sites for hydroxylation is 1. The molecule has 9 heteroatoms. The van der Waals surface area contributed by atoms with Gasteiger partial charge in [0.25, 0.3) is 5.69 Å². The number of nitro groups is 1. The van der Waals surface area contributed by atoms with Crippen molar-refractivity contribution in [3.05, 3.63) is 33.2 Å². The van der Waals surface area contributed by atoms with Crippen molar-refractivity contribution in [1.82, 2.24) is 20.2 Å². The molecule has 2 aromatic rings. The van der Waals surface area contributed by atoms with Crippen molar-refractivity contribution in [1.29, 1.82) is 0 Å². The maximum absolute atomic E-state index is 10.6. The van der Waals surface area contributed by atoms with Gasteiger partial charge in [0, 0.05) is 6.07 Å². The summed E-state index contributed by atoms with van der Waals surface area (Å²) in [6.07, 6.45) is 0. The Labute approximate surface area is 105 Å². The van der Waals surface area contributed by atoms with Crippen molar-refractivity contribution in [2.75, 3.05) is 0 Å². The second-order valence-corrected chi connectivity index (χ2v) is 4.42. The summed E-state index contributed by atoms with van der Waals surface area (Å²) in [5, 5.41) is 18.1. The monoisotopic (exact) mass is 271 g/mol. The summed E-state index contributed by atoms with van der Waals surface area (Å²) in [6.45, 7) is 1.75. The van der Waals surface area contributed by atoms with Gasteiger partial charge in [-0.05, 0) is 18.7 Å². The maximum atomic E-state index is 10.6. The molecule has 0 bridgehead atoms. The van der Waals surface area contributed by atoms with Crippen LogP contribution in [0.4, 0.5) is 5.69 Å². The highest BCUT2D eigenvalue weighted by atomic mass is 35.5. The Morgan fingerprint density at radius 1 is 1.47 bits per heavy atom. The van der Waals surface area contributed by atoms with Crippen LogP contribution in [-0.4, -0.2) is 25.1 Å². The Kier molecular flexibility index (Phi) is 3.25. The van der Waals surface area contributed by atoms with Crippen LogP contribution in [0.1, 0.15) is 5.82 Å². The number of nitrogens with one attached hydrogen (secondary N) is 1. The highest BCUT2D eigenvalue weighted by molar-refractivity contribution is 7.99. The number of nitrogens with zero attached hydrogens (tertiary/aromatic N) is 4. The molecule has 0 spiro atoms. The number of hydrogen-bond acceptors (Lipinski definition) is 6. The van der Waals surface area contributed by atoms with Crippen LogP contribution in [0.25, 0.3) is 0 Å². The highest BCUT2D eigenvalue weighted by Crippen LogP contribution is 2.27. The first-order chi connectivity index (χ1) is 8.04. The van der Waals surface area contributed by atoms with E-state index in [0.29, 0.717) is 16.0 Å². The largest absolute Gasteiger partial charge is 0.275 e. The summed E-state index contributed by atoms with van der Waals surface area (Å²) in [7, 11) is 0. The second-order valence-electron chi connectivity index (χ2n) is 3.05. The molecule has 0 aliphatic rings. The number of halogens is 1. The third-order valence-corrected chi connectivity index (χ3v) is 2.72. The van der Waals surface area contributed by atoms with Crippen LogP contribution in [0.3, 0.4) is 0 Å². The Hall–Kier alpha value is -1.67. The molecule has 2 heterocycles. The van der Waals surface area contributed by atoms with E-state index < -0.39 is 4.92 Å². The quantitative estimate of drug-likeness (QED) is 0.522. The van der Waals surface area contributed by atoms with Gasteiger partial charge in [0.05, 0.1) is 11.0 Å². The van der Waals surface area contributed by atoms with Crippen LogP contribution >= 0.6 is 23.4 Å². The van der Waals surface area contributed by atoms with Crippen molar-refractivity contribution in [3.8, 4) is 0 Å². The molecule has 7 nitrogen and oxygen atoms in total. The highest BCUT2D eigenvalue weighted by Gasteiger charge is 2.12. The fourth-order valence-corrected chi connectivity index (χ4v) is 2.12. The first-order valence-electron chi connectivity index (χ1n) is 4.43. The number of H-pyrrole nitrogens is 1. The lowest BCUT2D eigenvalue weighted by Gasteiger charge is -1.97. The van der Waals surface area contributed by atoms with Gasteiger partial charge < -0.3 is 0 Å². The van der Waals surface area contributed by atoms with Gasteiger partial charge in [0.2, 0.25) is 5.16 Å². The Bertz CT molecular complexity index is 573. The van der Waals surface area contributed by atoms with Gasteiger partial charge in [0.15, 0.2) is 0 Å². The summed E-state index contributed by atoms with van der Waals surface area (Å²) >= 11 is 6.79. The van der Waals surface area contributed by atoms with Crippen molar-refractivity contribution in [2.24, 2.45) is 0 Å². The van der Waals surface area contributed by atoms with Gasteiger partial charge in [-0.2, -0.15) is 0 Å². The molecule has 0 aliphatic carbocycles. The lowest BCUT2D eigenvalue weighted by molar-refractivity contribution is -0.385. The third kappa shape index (κ3) is 2.92. The van der Waals surface area contributed by atoms with Crippen LogP contribution in [0, 0.1) is 17.0 Å². The molecule has 0 saturated carbocycles. The molecule has 0 atom stereocenters. The molecule has 2 rings (SSSR count). The normalized spacial score (nSPS) is 10.5. The summed E-state index contributed by atoms with van der Waals surface area (Å²) in [6, 6.07) is 2.51. The molecule has 0 fully saturated rings. The van der Waals surface area contributed by atoms with E-state index in [1.165, 1.54) is 12.1 Å². The average Bonchev–Trinajstić information content (AvgIpc) is 2.63. The topological polar surface area (TPSA) is 97.6 Å². The van der Waals surface area contributed by atoms with Crippen LogP contribution in [0.2, 0.25) is 5.15 Å². The van der Waals surface area contributed by atoms with Crippen molar-refractivity contribution in [3.63, 3.8) is 0 Å². The molecule has 0 unspecified atom stereocenters. The van der Waals surface area contributed by atoms with E-state index in [1.807, 2.05) is 0 Å². The van der Waals surface area contributed by atoms with E-state index in [-0.39, 0.29) is 10.8 Å². The fourth-order valence-electron chi connectivity index (χ4n) is 1.08. The molecule has 1 N–H and O–H groups in total. The summed E-state index contributed by atoms with van der Waals surface area (Å²) in [5.41, 5.74) is -0.111. The molecule has 2 aromatic heterocycles. The number of aromatic nitrogens is 4. The Balaban J connectivity index is 2.29. The van der Waals surface area contributed by atoms with Gasteiger partial charge in [-0.3, -0.25) is 15.2 Å². The van der Waals surface area contributed by atoms with E-state index in [2.05, 4.69) is 20.2 Å². The first-order valence-corrected chi connectivity index (χ1v) is 5.63. The van der Waals surface area contributed by atoms with Crippen molar-refractivity contribution < 1.29 is 4.92 Å². The van der Waals surface area contributed by atoms with Gasteiger partial charge in [-0.1, -0.05) is 11.6 Å². The van der Waals surface area contributed by atoms with E-state index in [1.54, 1.807) is 6.92 Å². The molecule has 0 amide bonds. The SMILES string of the molecule is Cc1nc(Sc2cc([N+](=O)[O-])cc(Cl)n2)n[nH]1. The van der Waals surface area contributed by atoms with Gasteiger partial charge in [-0.25, -0.2) is 9.97 Å². The molecule has 0 aromatic carbocycles. The maximum Gasteiger partial charge on any atom is 0.275 e. The zero-order valence-electron chi connectivity index (χ0n) is 8.55. The van der Waals surface area contributed by atoms with Crippen LogP contribution in [0.15, 0.2) is 22.3 Å². The minimum absolute atomic E-state index is 0.0638. The average molecular weight is 272 g/mol. The Morgan fingerprint density at radius 3 is 2.82 bits per heavy atom. The van der Waals surface area contributed by atoms with E-state index in [9.17, 15) is 10.1 Å². The molecule has 88 valence electrons. The predicted molar refractivity (Wildman–Crippen MR) is 61.1 cm³/mol. The second kappa shape index (κ2) is 4.68. The smallest absolute Gasteiger partial charge is 0.262 e. The van der Waals surface area contributed by atoms with Gasteiger partial charge >= 0.3 is 0 Å². The summed E-state index contributed by atoms with van der Waals surface area (Å²) in [4.78, 5) is 18.1. The number of aromatic amines is 1. The summed E-state index contributed by atoms with van der Waals surface area (Å²) < 4.78 is 0. The third-order valence-electron chi connectivity index (χ3n) is 1.74. The van der Waals surface area contributed by atoms with Crippen LogP contribution < -0.4 is 0 Å². The fraction of sp³-hybridized carbons (Fsp3) is 0.125. The van der Waals surface area contributed by atoms with Crippen LogP contribution in [-0.2, 0) is 0 Å². The molecule has 0 radical (unpaired) electrons. The predicted octanol–water partition coefficient (Wildman–Crippen LogP) is 2.22. The minimum atomic E-state index is -0.527. The van der Waals surface area contributed by atoms with E-state index >= 15 is 0 Å². The molecular formula is C8H6ClN5O2S. The van der Waals surface area contributed by atoms with Crippen LogP contribution in [0.5, 0.6) is 0 Å². The number of hydrogen-bond donors (Lipinski definition) is 1. The van der Waals surface area contributed by atoms with Gasteiger partial charge in [-0.15, -0.1) is 5.10 Å². The zero-order valence-corrected chi connectivity index (χ0v) is 10.1. The number of pyridine rings is 1. The van der Waals surface area contributed by atoms with Gasteiger partial charge in [0.1, 0.15) is 16.0 Å². The standard InChI is InChI=1S/C8H6ClN5O2S/c1-4-10-8(13-12-4)17-7-3-5(14(15)16)2-6(9)11-7/h2-3H,1H3,(H,10,12,13). The zero-order chi connectivity index (χ0) is 12.4. The molecular weight excluding hydrogens is 266 g/mol. The lowest BCUT2D eigenvalue weighted by Crippen LogP contribution is -1.91. The first kappa shape index (κ1) is 11.8. The lowest BCUT2D eigenvalue weighted by atomic mass is 10.4. The van der Waals surface area contributed by atoms with E-state index in [0.717, 1.165) is 11.8 Å². The van der Waals surface area contributed by atoms with Crippen molar-refractivity contribution in [2.45, 2.75) is 17.1 Å². The Morgan fingerprint density at radius 2 is 2.24 bits per heavy atom. The van der Waals surface area contributed by atoms with Crippen molar-refractivity contribution >= 4 is 29.1 Å². The minimum Gasteiger partial charge on any atom is -0.262 e. The molecule has 0 saturated heterocycles. The molecule has 0 aliphatic heterocycles.